The van der Waals surface area contributed by atoms with Gasteiger partial charge in [0.05, 0.1) is 12.8 Å². The van der Waals surface area contributed by atoms with Crippen molar-refractivity contribution in [2.24, 2.45) is 11.5 Å². The Labute approximate surface area is 150 Å². The number of carbonyl (C=O) groups excluding carboxylic acids is 2. The fourth-order valence-corrected chi connectivity index (χ4v) is 2.83. The number of para-hydroxylation sites is 2. The normalized spacial score (nSPS) is 10.5. The van der Waals surface area contributed by atoms with E-state index in [0.29, 0.717) is 0 Å². The second kappa shape index (κ2) is 7.57. The molecule has 0 aliphatic carbocycles. The summed E-state index contributed by atoms with van der Waals surface area (Å²) in [6.45, 7) is 0. The Kier molecular flexibility index (Phi) is 5.03. The SMILES string of the molecule is NC(=O)Cc1cc2ccccc2[nH]1.NC(=O)Cc1cc2ccccc2[nH]1. The molecule has 0 spiro atoms. The zero-order valence-corrected chi connectivity index (χ0v) is 14.2. The van der Waals surface area contributed by atoms with Gasteiger partial charge in [0.25, 0.3) is 0 Å². The minimum atomic E-state index is -0.313. The molecule has 0 unspecified atom stereocenters. The zero-order valence-electron chi connectivity index (χ0n) is 14.2. The summed E-state index contributed by atoms with van der Waals surface area (Å²) in [4.78, 5) is 27.5. The van der Waals surface area contributed by atoms with Crippen LogP contribution in [0, 0.1) is 0 Å². The molecule has 0 aliphatic heterocycles. The van der Waals surface area contributed by atoms with Crippen molar-refractivity contribution in [2.75, 3.05) is 0 Å². The average molecular weight is 348 g/mol. The molecule has 0 bridgehead atoms. The Morgan fingerprint density at radius 3 is 1.42 bits per heavy atom. The van der Waals surface area contributed by atoms with Gasteiger partial charge in [-0.2, -0.15) is 0 Å². The van der Waals surface area contributed by atoms with Crippen LogP contribution < -0.4 is 11.5 Å². The van der Waals surface area contributed by atoms with Gasteiger partial charge >= 0.3 is 0 Å². The minimum Gasteiger partial charge on any atom is -0.369 e. The monoisotopic (exact) mass is 348 g/mol. The number of benzene rings is 2. The first kappa shape index (κ1) is 17.3. The third kappa shape index (κ3) is 4.30. The van der Waals surface area contributed by atoms with Crippen molar-refractivity contribution in [3.05, 3.63) is 72.1 Å². The highest BCUT2D eigenvalue weighted by Gasteiger charge is 2.03. The first-order chi connectivity index (χ1) is 12.5. The van der Waals surface area contributed by atoms with E-state index in [-0.39, 0.29) is 24.7 Å². The molecule has 0 aliphatic rings. The van der Waals surface area contributed by atoms with Crippen LogP contribution in [-0.4, -0.2) is 21.8 Å². The number of fused-ring (bicyclic) bond motifs is 2. The number of rotatable bonds is 4. The van der Waals surface area contributed by atoms with E-state index in [1.807, 2.05) is 60.7 Å². The molecule has 6 N–H and O–H groups in total. The number of amides is 2. The molecule has 2 aromatic heterocycles. The highest BCUT2D eigenvalue weighted by Crippen LogP contribution is 2.15. The molecule has 26 heavy (non-hydrogen) atoms. The summed E-state index contributed by atoms with van der Waals surface area (Å²) in [7, 11) is 0. The van der Waals surface area contributed by atoms with Gasteiger partial charge in [-0.1, -0.05) is 36.4 Å². The van der Waals surface area contributed by atoms with Crippen molar-refractivity contribution >= 4 is 33.6 Å². The van der Waals surface area contributed by atoms with Crippen molar-refractivity contribution in [2.45, 2.75) is 12.8 Å². The molecule has 0 saturated carbocycles. The van der Waals surface area contributed by atoms with E-state index in [1.165, 1.54) is 0 Å². The number of aromatic nitrogens is 2. The molecule has 4 rings (SSSR count). The van der Waals surface area contributed by atoms with E-state index in [9.17, 15) is 9.59 Å². The standard InChI is InChI=1S/2C10H10N2O/c2*11-10(13)6-8-5-7-3-1-2-4-9(7)12-8/h2*1-5,12H,6H2,(H2,11,13). The summed E-state index contributed by atoms with van der Waals surface area (Å²) >= 11 is 0. The van der Waals surface area contributed by atoms with E-state index in [4.69, 9.17) is 11.5 Å². The van der Waals surface area contributed by atoms with E-state index in [2.05, 4.69) is 9.97 Å². The van der Waals surface area contributed by atoms with Crippen LogP contribution in [0.3, 0.4) is 0 Å². The summed E-state index contributed by atoms with van der Waals surface area (Å²) in [5, 5.41) is 2.22. The molecule has 132 valence electrons. The van der Waals surface area contributed by atoms with Crippen LogP contribution in [0.5, 0.6) is 0 Å². The lowest BCUT2D eigenvalue weighted by atomic mass is 10.2. The molecule has 0 fully saturated rings. The summed E-state index contributed by atoms with van der Waals surface area (Å²) < 4.78 is 0. The quantitative estimate of drug-likeness (QED) is 0.453. The maximum Gasteiger partial charge on any atom is 0.223 e. The van der Waals surface area contributed by atoms with Crippen LogP contribution in [-0.2, 0) is 22.4 Å². The molecule has 0 saturated heterocycles. The topological polar surface area (TPSA) is 118 Å². The Bertz CT molecular complexity index is 910. The number of aromatic amines is 2. The third-order valence-electron chi connectivity index (χ3n) is 3.90. The van der Waals surface area contributed by atoms with Gasteiger partial charge in [0.15, 0.2) is 0 Å². The molecule has 6 heteroatoms. The van der Waals surface area contributed by atoms with Gasteiger partial charge < -0.3 is 21.4 Å². The Morgan fingerprint density at radius 1 is 0.692 bits per heavy atom. The van der Waals surface area contributed by atoms with Gasteiger partial charge in [0, 0.05) is 22.4 Å². The fraction of sp³-hybridized carbons (Fsp3) is 0.100. The third-order valence-corrected chi connectivity index (χ3v) is 3.90. The number of primary amides is 2. The van der Waals surface area contributed by atoms with Crippen molar-refractivity contribution in [3.63, 3.8) is 0 Å². The van der Waals surface area contributed by atoms with Gasteiger partial charge in [-0.25, -0.2) is 0 Å². The first-order valence-electron chi connectivity index (χ1n) is 8.21. The second-order valence-electron chi connectivity index (χ2n) is 6.05. The molecular formula is C20H20N4O2. The number of hydrogen-bond acceptors (Lipinski definition) is 2. The highest BCUT2D eigenvalue weighted by molar-refractivity contribution is 5.84. The summed E-state index contributed by atoms with van der Waals surface area (Å²) in [5.74, 6) is -0.627. The predicted molar refractivity (Wildman–Crippen MR) is 102 cm³/mol. The molecule has 6 nitrogen and oxygen atoms in total. The van der Waals surface area contributed by atoms with E-state index < -0.39 is 0 Å². The predicted octanol–water partition coefficient (Wildman–Crippen LogP) is 2.39. The molecule has 2 amide bonds. The number of carbonyl (C=O) groups is 2. The highest BCUT2D eigenvalue weighted by atomic mass is 16.1. The molecule has 2 heterocycles. The lowest BCUT2D eigenvalue weighted by Gasteiger charge is -1.89. The number of hydrogen-bond donors (Lipinski definition) is 4. The van der Waals surface area contributed by atoms with Crippen LogP contribution in [0.25, 0.3) is 21.8 Å². The van der Waals surface area contributed by atoms with Crippen molar-refractivity contribution < 1.29 is 9.59 Å². The van der Waals surface area contributed by atoms with Crippen molar-refractivity contribution in [3.8, 4) is 0 Å². The number of nitrogens with one attached hydrogen (secondary N) is 2. The van der Waals surface area contributed by atoms with Gasteiger partial charge in [-0.05, 0) is 35.0 Å². The summed E-state index contributed by atoms with van der Waals surface area (Å²) in [5.41, 5.74) is 14.0. The van der Waals surface area contributed by atoms with Gasteiger partial charge in [-0.3, -0.25) is 9.59 Å². The van der Waals surface area contributed by atoms with Crippen LogP contribution in [0.2, 0.25) is 0 Å². The minimum absolute atomic E-state index is 0.272. The molecule has 2 aromatic carbocycles. The second-order valence-corrected chi connectivity index (χ2v) is 6.05. The van der Waals surface area contributed by atoms with E-state index in [0.717, 1.165) is 33.2 Å². The molecular weight excluding hydrogens is 328 g/mol. The lowest BCUT2D eigenvalue weighted by Crippen LogP contribution is -2.13. The smallest absolute Gasteiger partial charge is 0.223 e. The maximum absolute atomic E-state index is 10.6. The summed E-state index contributed by atoms with van der Waals surface area (Å²) in [6.07, 6.45) is 0.545. The van der Waals surface area contributed by atoms with E-state index >= 15 is 0 Å². The fourth-order valence-electron chi connectivity index (χ4n) is 2.83. The summed E-state index contributed by atoms with van der Waals surface area (Å²) in [6, 6.07) is 19.7. The Hall–Kier alpha value is -3.54. The maximum atomic E-state index is 10.6. The lowest BCUT2D eigenvalue weighted by molar-refractivity contribution is -0.118. The van der Waals surface area contributed by atoms with Crippen LogP contribution in [0.4, 0.5) is 0 Å². The van der Waals surface area contributed by atoms with Crippen molar-refractivity contribution in [1.82, 2.24) is 9.97 Å². The van der Waals surface area contributed by atoms with Gasteiger partial charge in [0.2, 0.25) is 11.8 Å². The van der Waals surface area contributed by atoms with E-state index in [1.54, 1.807) is 0 Å². The average Bonchev–Trinajstić information content (AvgIpc) is 3.16. The zero-order chi connectivity index (χ0) is 18.5. The van der Waals surface area contributed by atoms with Crippen molar-refractivity contribution in [1.29, 1.82) is 0 Å². The Morgan fingerprint density at radius 2 is 1.08 bits per heavy atom. The Balaban J connectivity index is 0.000000151. The number of H-pyrrole nitrogens is 2. The molecule has 4 aromatic rings. The van der Waals surface area contributed by atoms with Gasteiger partial charge in [0.1, 0.15) is 0 Å². The van der Waals surface area contributed by atoms with Crippen LogP contribution in [0.15, 0.2) is 60.7 Å². The largest absolute Gasteiger partial charge is 0.369 e. The molecule has 0 radical (unpaired) electrons. The van der Waals surface area contributed by atoms with Crippen LogP contribution >= 0.6 is 0 Å². The molecule has 0 atom stereocenters. The first-order valence-corrected chi connectivity index (χ1v) is 8.21. The van der Waals surface area contributed by atoms with Gasteiger partial charge in [-0.15, -0.1) is 0 Å². The number of nitrogens with two attached hydrogens (primary N) is 2. The van der Waals surface area contributed by atoms with Crippen LogP contribution in [0.1, 0.15) is 11.4 Å².